The Kier molecular flexibility index (Phi) is 6.26. The van der Waals surface area contributed by atoms with Gasteiger partial charge in [-0.1, -0.05) is 29.9 Å². The van der Waals surface area contributed by atoms with Crippen molar-refractivity contribution in [3.8, 4) is 0 Å². The van der Waals surface area contributed by atoms with Crippen molar-refractivity contribution < 1.29 is 17.9 Å². The second kappa shape index (κ2) is 9.17. The van der Waals surface area contributed by atoms with Gasteiger partial charge in [0.25, 0.3) is 5.91 Å². The minimum Gasteiger partial charge on any atom is -0.376 e. The molecule has 0 saturated carbocycles. The molecule has 2 aliphatic rings. The van der Waals surface area contributed by atoms with Crippen LogP contribution >= 0.6 is 11.3 Å². The maximum absolute atomic E-state index is 13.8. The number of nitrogens with zero attached hydrogens (tertiary/aromatic N) is 4. The number of carbonyl (C=O) groups excluding carboxylic acids is 1. The van der Waals surface area contributed by atoms with Crippen molar-refractivity contribution in [2.75, 3.05) is 31.1 Å². The van der Waals surface area contributed by atoms with Crippen LogP contribution in [-0.2, 0) is 21.8 Å². The van der Waals surface area contributed by atoms with E-state index < -0.39 is 10.0 Å². The van der Waals surface area contributed by atoms with Gasteiger partial charge in [0.15, 0.2) is 5.13 Å². The Balaban J connectivity index is 1.48. The molecule has 1 unspecified atom stereocenters. The number of hydrogen-bond acceptors (Lipinski definition) is 6. The van der Waals surface area contributed by atoms with E-state index in [4.69, 9.17) is 9.72 Å². The summed E-state index contributed by atoms with van der Waals surface area (Å²) in [7, 11) is -1.91. The fourth-order valence-corrected chi connectivity index (χ4v) is 7.06. The number of rotatable bonds is 6. The molecule has 2 saturated heterocycles. The minimum absolute atomic E-state index is 0.0576. The monoisotopic (exact) mass is 488 g/mol. The van der Waals surface area contributed by atoms with Crippen LogP contribution < -0.4 is 4.90 Å². The highest BCUT2D eigenvalue weighted by atomic mass is 32.2. The third-order valence-corrected chi connectivity index (χ3v) is 9.24. The third kappa shape index (κ3) is 4.44. The summed E-state index contributed by atoms with van der Waals surface area (Å²) in [6, 6.07) is 9.29. The van der Waals surface area contributed by atoms with Crippen LogP contribution in [0.4, 0.5) is 5.13 Å². The van der Waals surface area contributed by atoms with E-state index >= 15 is 0 Å². The first kappa shape index (κ1) is 22.5. The van der Waals surface area contributed by atoms with Crippen molar-refractivity contribution in [1.82, 2.24) is 13.9 Å². The first-order chi connectivity index (χ1) is 15.9. The van der Waals surface area contributed by atoms with Crippen molar-refractivity contribution in [3.05, 3.63) is 42.2 Å². The Labute approximate surface area is 197 Å². The Morgan fingerprint density at radius 3 is 2.73 bits per heavy atom. The SMILES string of the molecule is Cn1cc(S(=O)(=O)N2CCCCC2)cc1C(=O)N(CC1CCCO1)c1nc2ccccc2s1. The van der Waals surface area contributed by atoms with E-state index in [1.165, 1.54) is 21.7 Å². The smallest absolute Gasteiger partial charge is 0.276 e. The number of para-hydroxylation sites is 1. The molecular formula is C23H28N4O4S2. The van der Waals surface area contributed by atoms with Crippen molar-refractivity contribution in [2.45, 2.75) is 43.1 Å². The van der Waals surface area contributed by atoms with Gasteiger partial charge in [-0.2, -0.15) is 4.31 Å². The number of hydrogen-bond donors (Lipinski definition) is 0. The molecule has 3 aromatic rings. The van der Waals surface area contributed by atoms with Crippen LogP contribution in [0.2, 0.25) is 0 Å². The lowest BCUT2D eigenvalue weighted by Gasteiger charge is -2.25. The number of aromatic nitrogens is 2. The van der Waals surface area contributed by atoms with Gasteiger partial charge < -0.3 is 9.30 Å². The summed E-state index contributed by atoms with van der Waals surface area (Å²) >= 11 is 1.46. The molecule has 176 valence electrons. The molecule has 0 radical (unpaired) electrons. The van der Waals surface area contributed by atoms with E-state index in [1.54, 1.807) is 22.7 Å². The number of anilines is 1. The summed E-state index contributed by atoms with van der Waals surface area (Å²) in [6.45, 7) is 2.13. The summed E-state index contributed by atoms with van der Waals surface area (Å²) in [5, 5.41) is 0.596. The van der Waals surface area contributed by atoms with Crippen molar-refractivity contribution in [2.24, 2.45) is 7.05 Å². The van der Waals surface area contributed by atoms with Gasteiger partial charge in [0, 0.05) is 32.9 Å². The fraction of sp³-hybridized carbons (Fsp3) is 0.478. The number of benzene rings is 1. The standard InChI is InChI=1S/C23H28N4O4S2/c1-25-16-18(33(29,30)26-11-5-2-6-12-26)14-20(25)22(28)27(15-17-8-7-13-31-17)23-24-19-9-3-4-10-21(19)32-23/h3-4,9-10,14,16-17H,2,5-8,11-13,15H2,1H3. The molecule has 1 aromatic carbocycles. The molecule has 8 nitrogen and oxygen atoms in total. The Morgan fingerprint density at radius 2 is 2.00 bits per heavy atom. The molecule has 10 heteroatoms. The van der Waals surface area contributed by atoms with Crippen molar-refractivity contribution in [3.63, 3.8) is 0 Å². The van der Waals surface area contributed by atoms with Crippen LogP contribution in [0.1, 0.15) is 42.6 Å². The van der Waals surface area contributed by atoms with Crippen molar-refractivity contribution >= 4 is 42.6 Å². The maximum atomic E-state index is 13.8. The van der Waals surface area contributed by atoms with Crippen LogP contribution in [0.5, 0.6) is 0 Å². The normalized spacial score (nSPS) is 19.8. The number of amides is 1. The summed E-state index contributed by atoms with van der Waals surface area (Å²) in [5.41, 5.74) is 1.16. The number of ether oxygens (including phenoxy) is 1. The molecule has 1 amide bonds. The molecule has 0 N–H and O–H groups in total. The van der Waals surface area contributed by atoms with Gasteiger partial charge in [-0.05, 0) is 43.9 Å². The first-order valence-corrected chi connectivity index (χ1v) is 13.6. The zero-order valence-electron chi connectivity index (χ0n) is 18.6. The third-order valence-electron chi connectivity index (χ3n) is 6.32. The highest BCUT2D eigenvalue weighted by molar-refractivity contribution is 7.89. The zero-order valence-corrected chi connectivity index (χ0v) is 20.3. The molecule has 2 aliphatic heterocycles. The van der Waals surface area contributed by atoms with E-state index in [2.05, 4.69) is 0 Å². The second-order valence-electron chi connectivity index (χ2n) is 8.65. The molecule has 2 aromatic heterocycles. The van der Waals surface area contributed by atoms with Gasteiger partial charge in [-0.15, -0.1) is 0 Å². The Bertz CT molecular complexity index is 1220. The van der Waals surface area contributed by atoms with Crippen LogP contribution in [0, 0.1) is 0 Å². The Morgan fingerprint density at radius 1 is 1.21 bits per heavy atom. The molecule has 0 spiro atoms. The average molecular weight is 489 g/mol. The van der Waals surface area contributed by atoms with Gasteiger partial charge in [-0.3, -0.25) is 9.69 Å². The average Bonchev–Trinajstić information content (AvgIpc) is 3.57. The number of carbonyl (C=O) groups is 1. The zero-order chi connectivity index (χ0) is 23.0. The molecule has 0 bridgehead atoms. The van der Waals surface area contributed by atoms with Crippen LogP contribution in [0.3, 0.4) is 0 Å². The molecule has 5 rings (SSSR count). The highest BCUT2D eigenvalue weighted by Crippen LogP contribution is 2.31. The van der Waals surface area contributed by atoms with Gasteiger partial charge in [0.2, 0.25) is 10.0 Å². The van der Waals surface area contributed by atoms with Gasteiger partial charge in [0.1, 0.15) is 10.6 Å². The summed E-state index contributed by atoms with van der Waals surface area (Å²) in [6.07, 6.45) is 6.11. The van der Waals surface area contributed by atoms with Crippen LogP contribution in [0.25, 0.3) is 10.2 Å². The van der Waals surface area contributed by atoms with Crippen LogP contribution in [-0.4, -0.2) is 60.5 Å². The van der Waals surface area contributed by atoms with E-state index in [1.807, 2.05) is 24.3 Å². The second-order valence-corrected chi connectivity index (χ2v) is 11.6. The maximum Gasteiger partial charge on any atom is 0.276 e. The number of fused-ring (bicyclic) bond motifs is 1. The molecule has 4 heterocycles. The lowest BCUT2D eigenvalue weighted by molar-refractivity contribution is 0.0911. The number of aryl methyl sites for hydroxylation is 1. The summed E-state index contributed by atoms with van der Waals surface area (Å²) in [4.78, 5) is 20.3. The first-order valence-electron chi connectivity index (χ1n) is 11.4. The van der Waals surface area contributed by atoms with Crippen molar-refractivity contribution in [1.29, 1.82) is 0 Å². The predicted molar refractivity (Wildman–Crippen MR) is 128 cm³/mol. The Hall–Kier alpha value is -2.27. The van der Waals surface area contributed by atoms with Gasteiger partial charge >= 0.3 is 0 Å². The molecule has 33 heavy (non-hydrogen) atoms. The molecule has 0 aliphatic carbocycles. The quantitative estimate of drug-likeness (QED) is 0.529. The number of thiazole rings is 1. The topological polar surface area (TPSA) is 84.7 Å². The minimum atomic E-state index is -3.63. The lowest BCUT2D eigenvalue weighted by Crippen LogP contribution is -2.38. The van der Waals surface area contributed by atoms with E-state index in [-0.39, 0.29) is 16.9 Å². The van der Waals surface area contributed by atoms with Gasteiger partial charge in [-0.25, -0.2) is 13.4 Å². The lowest BCUT2D eigenvalue weighted by atomic mass is 10.2. The number of piperidine rings is 1. The molecule has 2 fully saturated rings. The van der Waals surface area contributed by atoms with E-state index in [0.717, 1.165) is 42.3 Å². The van der Waals surface area contributed by atoms with E-state index in [9.17, 15) is 13.2 Å². The van der Waals surface area contributed by atoms with Gasteiger partial charge in [0.05, 0.1) is 22.9 Å². The predicted octanol–water partition coefficient (Wildman–Crippen LogP) is 3.64. The number of sulfonamides is 1. The molecular weight excluding hydrogens is 460 g/mol. The molecule has 1 atom stereocenters. The summed E-state index contributed by atoms with van der Waals surface area (Å²) < 4.78 is 36.3. The summed E-state index contributed by atoms with van der Waals surface area (Å²) in [5.74, 6) is -0.271. The fourth-order valence-electron chi connectivity index (χ4n) is 4.50. The van der Waals surface area contributed by atoms with E-state index in [0.29, 0.717) is 37.1 Å². The highest BCUT2D eigenvalue weighted by Gasteiger charge is 2.32. The largest absolute Gasteiger partial charge is 0.376 e. The van der Waals surface area contributed by atoms with Crippen LogP contribution in [0.15, 0.2) is 41.4 Å².